The molecule has 2 rings (SSSR count). The first kappa shape index (κ1) is 12.8. The fraction of sp³-hybridized carbons (Fsp3) is 0.417. The summed E-state index contributed by atoms with van der Waals surface area (Å²) in [5, 5.41) is 6.21. The van der Waals surface area contributed by atoms with Crippen LogP contribution >= 0.6 is 24.4 Å². The number of carbonyl (C=O) groups excluding carboxylic acids is 1. The first-order valence-corrected chi connectivity index (χ1v) is 7.28. The van der Waals surface area contributed by atoms with Crippen LogP contribution in [0.3, 0.4) is 0 Å². The lowest BCUT2D eigenvalue weighted by atomic mass is 10.1. The van der Waals surface area contributed by atoms with Crippen molar-refractivity contribution in [2.75, 3.05) is 29.9 Å². The molecule has 0 radical (unpaired) electrons. The maximum absolute atomic E-state index is 11.3. The van der Waals surface area contributed by atoms with Gasteiger partial charge in [0, 0.05) is 17.2 Å². The van der Waals surface area contributed by atoms with Crippen LogP contribution in [0.5, 0.6) is 0 Å². The van der Waals surface area contributed by atoms with Crippen molar-refractivity contribution in [1.82, 2.24) is 5.32 Å². The molecule has 0 fully saturated rings. The van der Waals surface area contributed by atoms with Gasteiger partial charge < -0.3 is 10.6 Å². The van der Waals surface area contributed by atoms with Crippen LogP contribution in [0.1, 0.15) is 5.56 Å². The van der Waals surface area contributed by atoms with Gasteiger partial charge in [-0.15, -0.1) is 11.8 Å². The minimum atomic E-state index is 0.0906. The fourth-order valence-electron chi connectivity index (χ4n) is 1.72. The van der Waals surface area contributed by atoms with Gasteiger partial charge in [-0.05, 0) is 30.7 Å². The molecule has 0 saturated carbocycles. The Hall–Kier alpha value is -0.650. The number of fused-ring (bicyclic) bond motifs is 1. The minimum absolute atomic E-state index is 0.0906. The smallest absolute Gasteiger partial charge is 0.234 e. The monoisotopic (exact) mass is 268 g/mol. The topological polar surface area (TPSA) is 41.1 Å². The highest BCUT2D eigenvalue weighted by Crippen LogP contribution is 2.31. The Balaban J connectivity index is 1.95. The van der Waals surface area contributed by atoms with Crippen LogP contribution in [0, 0.1) is 0 Å². The number of rotatable bonds is 5. The summed E-state index contributed by atoms with van der Waals surface area (Å²) < 4.78 is 0. The van der Waals surface area contributed by atoms with Crippen molar-refractivity contribution in [2.24, 2.45) is 0 Å². The lowest BCUT2D eigenvalue weighted by Gasteiger charge is -2.17. The van der Waals surface area contributed by atoms with E-state index in [1.165, 1.54) is 5.56 Å². The van der Waals surface area contributed by atoms with E-state index in [4.69, 9.17) is 0 Å². The summed E-state index contributed by atoms with van der Waals surface area (Å²) in [5.41, 5.74) is 2.20. The Kier molecular flexibility index (Phi) is 4.76. The van der Waals surface area contributed by atoms with Gasteiger partial charge in [0.25, 0.3) is 0 Å². The van der Waals surface area contributed by atoms with Crippen LogP contribution in [0.2, 0.25) is 0 Å². The van der Waals surface area contributed by atoms with Crippen LogP contribution in [0.15, 0.2) is 23.1 Å². The molecular formula is C12H16N2OS2. The maximum atomic E-state index is 11.3. The van der Waals surface area contributed by atoms with Crippen molar-refractivity contribution >= 4 is 36.0 Å². The van der Waals surface area contributed by atoms with E-state index in [1.54, 1.807) is 11.8 Å². The van der Waals surface area contributed by atoms with E-state index < -0.39 is 0 Å². The van der Waals surface area contributed by atoms with Crippen LogP contribution in [-0.2, 0) is 11.2 Å². The highest BCUT2D eigenvalue weighted by atomic mass is 32.2. The summed E-state index contributed by atoms with van der Waals surface area (Å²) in [5.74, 6) is 1.47. The summed E-state index contributed by atoms with van der Waals surface area (Å²) in [6.07, 6.45) is 0.974. The lowest BCUT2D eigenvalue weighted by Crippen LogP contribution is -2.20. The van der Waals surface area contributed by atoms with E-state index in [1.807, 2.05) is 0 Å². The molecule has 5 heteroatoms. The summed E-state index contributed by atoms with van der Waals surface area (Å²) in [6.45, 7) is 1.88. The molecule has 3 nitrogen and oxygen atoms in total. The van der Waals surface area contributed by atoms with Crippen molar-refractivity contribution < 1.29 is 4.79 Å². The summed E-state index contributed by atoms with van der Waals surface area (Å²) in [4.78, 5) is 12.4. The largest absolute Gasteiger partial charge is 0.324 e. The van der Waals surface area contributed by atoms with E-state index in [9.17, 15) is 4.79 Å². The summed E-state index contributed by atoms with van der Waals surface area (Å²) >= 11 is 5.74. The van der Waals surface area contributed by atoms with Gasteiger partial charge in [0.15, 0.2) is 0 Å². The molecule has 1 aromatic carbocycles. The van der Waals surface area contributed by atoms with Crippen LogP contribution in [0.4, 0.5) is 5.69 Å². The van der Waals surface area contributed by atoms with Crippen molar-refractivity contribution in [3.05, 3.63) is 23.8 Å². The van der Waals surface area contributed by atoms with Gasteiger partial charge in [-0.2, -0.15) is 12.6 Å². The second-order valence-electron chi connectivity index (χ2n) is 3.89. The zero-order valence-electron chi connectivity index (χ0n) is 9.53. The normalized spacial score (nSPS) is 14.3. The number of carbonyl (C=O) groups is 1. The van der Waals surface area contributed by atoms with E-state index >= 15 is 0 Å². The van der Waals surface area contributed by atoms with Crippen molar-refractivity contribution in [1.29, 1.82) is 0 Å². The number of thiol groups is 1. The highest BCUT2D eigenvalue weighted by molar-refractivity contribution is 8.00. The molecule has 0 atom stereocenters. The van der Waals surface area contributed by atoms with Crippen molar-refractivity contribution in [2.45, 2.75) is 11.3 Å². The van der Waals surface area contributed by atoms with Gasteiger partial charge in [0.2, 0.25) is 5.91 Å². The zero-order valence-corrected chi connectivity index (χ0v) is 11.2. The molecule has 0 saturated heterocycles. The van der Waals surface area contributed by atoms with Crippen LogP contribution < -0.4 is 10.6 Å². The van der Waals surface area contributed by atoms with Gasteiger partial charge in [0.1, 0.15) is 0 Å². The third kappa shape index (κ3) is 3.66. The predicted octanol–water partition coefficient (Wildman–Crippen LogP) is 1.79. The third-order valence-electron chi connectivity index (χ3n) is 2.56. The number of nitrogens with one attached hydrogen (secondary N) is 2. The number of hydrogen-bond donors (Lipinski definition) is 3. The quantitative estimate of drug-likeness (QED) is 0.563. The molecular weight excluding hydrogens is 252 g/mol. The molecule has 1 amide bonds. The molecule has 0 spiro atoms. The van der Waals surface area contributed by atoms with Crippen LogP contribution in [-0.4, -0.2) is 30.5 Å². The second-order valence-corrected chi connectivity index (χ2v) is 5.36. The minimum Gasteiger partial charge on any atom is -0.324 e. The first-order valence-electron chi connectivity index (χ1n) is 5.67. The van der Waals surface area contributed by atoms with Gasteiger partial charge >= 0.3 is 0 Å². The Morgan fingerprint density at radius 1 is 1.41 bits per heavy atom. The number of amides is 1. The first-order chi connectivity index (χ1) is 8.29. The molecule has 1 aliphatic heterocycles. The van der Waals surface area contributed by atoms with E-state index in [0.29, 0.717) is 5.75 Å². The standard InChI is InChI=1S/C12H16N2OS2/c15-12-8-17-11-2-1-9(7-10(11)14-12)3-4-13-5-6-16/h1-2,7,13,16H,3-6,8H2,(H,14,15). The molecule has 0 bridgehead atoms. The SMILES string of the molecule is O=C1CSc2ccc(CCNCCS)cc2N1. The average molecular weight is 268 g/mol. The molecule has 0 aromatic heterocycles. The van der Waals surface area contributed by atoms with Gasteiger partial charge in [-0.3, -0.25) is 4.79 Å². The summed E-state index contributed by atoms with van der Waals surface area (Å²) in [6, 6.07) is 6.29. The molecule has 0 unspecified atom stereocenters. The zero-order chi connectivity index (χ0) is 12.1. The van der Waals surface area contributed by atoms with Gasteiger partial charge in [-0.1, -0.05) is 6.07 Å². The van der Waals surface area contributed by atoms with E-state index in [2.05, 4.69) is 41.5 Å². The number of anilines is 1. The number of benzene rings is 1. The molecule has 1 heterocycles. The Bertz CT molecular complexity index is 409. The van der Waals surface area contributed by atoms with Crippen molar-refractivity contribution in [3.63, 3.8) is 0 Å². The third-order valence-corrected chi connectivity index (χ3v) is 3.85. The molecule has 17 heavy (non-hydrogen) atoms. The predicted molar refractivity (Wildman–Crippen MR) is 76.2 cm³/mol. The number of hydrogen-bond acceptors (Lipinski definition) is 4. The van der Waals surface area contributed by atoms with Gasteiger partial charge in [-0.25, -0.2) is 0 Å². The number of thioether (sulfide) groups is 1. The molecule has 0 aliphatic carbocycles. The van der Waals surface area contributed by atoms with Crippen LogP contribution in [0.25, 0.3) is 0 Å². The lowest BCUT2D eigenvalue weighted by molar-refractivity contribution is -0.113. The van der Waals surface area contributed by atoms with Crippen molar-refractivity contribution in [3.8, 4) is 0 Å². The molecule has 1 aromatic rings. The second kappa shape index (κ2) is 6.33. The average Bonchev–Trinajstić information content (AvgIpc) is 2.34. The Labute approximate surface area is 111 Å². The highest BCUT2D eigenvalue weighted by Gasteiger charge is 2.14. The van der Waals surface area contributed by atoms with Gasteiger partial charge in [0.05, 0.1) is 11.4 Å². The Morgan fingerprint density at radius 2 is 2.29 bits per heavy atom. The maximum Gasteiger partial charge on any atom is 0.234 e. The molecule has 1 aliphatic rings. The summed E-state index contributed by atoms with van der Waals surface area (Å²) in [7, 11) is 0. The van der Waals surface area contributed by atoms with E-state index in [0.717, 1.165) is 35.8 Å². The fourth-order valence-corrected chi connectivity index (χ4v) is 2.67. The van der Waals surface area contributed by atoms with E-state index in [-0.39, 0.29) is 5.91 Å². The Morgan fingerprint density at radius 3 is 3.12 bits per heavy atom. The molecule has 2 N–H and O–H groups in total. The molecule has 92 valence electrons.